The van der Waals surface area contributed by atoms with Crippen LogP contribution in [0.25, 0.3) is 0 Å². The Bertz CT molecular complexity index is 506. The smallest absolute Gasteiger partial charge is 0.314 e. The van der Waals surface area contributed by atoms with E-state index in [2.05, 4.69) is 24.1 Å². The summed E-state index contributed by atoms with van der Waals surface area (Å²) >= 11 is 6.25. The second kappa shape index (κ2) is 10.1. The molecule has 1 aromatic rings. The van der Waals surface area contributed by atoms with Gasteiger partial charge in [-0.2, -0.15) is 13.2 Å². The topological polar surface area (TPSA) is 15.3 Å². The predicted octanol–water partition coefficient (Wildman–Crippen LogP) is 5.19. The molecular formula is C16H24Cl3F3N2. The van der Waals surface area contributed by atoms with Gasteiger partial charge in [0, 0.05) is 37.2 Å². The molecular weight excluding hydrogens is 384 g/mol. The summed E-state index contributed by atoms with van der Waals surface area (Å²) in [6.45, 7) is 7.47. The van der Waals surface area contributed by atoms with Gasteiger partial charge in [-0.1, -0.05) is 31.9 Å². The number of nitrogens with zero attached hydrogens (tertiary/aromatic N) is 1. The molecule has 0 aliphatic carbocycles. The highest BCUT2D eigenvalue weighted by Gasteiger charge is 2.34. The Balaban J connectivity index is 0.00000264. The maximum atomic E-state index is 13.0. The Labute approximate surface area is 158 Å². The summed E-state index contributed by atoms with van der Waals surface area (Å²) in [6, 6.07) is 3.57. The Morgan fingerprint density at radius 3 is 2.29 bits per heavy atom. The van der Waals surface area contributed by atoms with Crippen LogP contribution in [-0.2, 0) is 6.18 Å². The normalized spacial score (nSPS) is 18.2. The summed E-state index contributed by atoms with van der Waals surface area (Å²) in [5.41, 5.74) is -0.0388. The van der Waals surface area contributed by atoms with Crippen LogP contribution >= 0.6 is 36.4 Å². The number of benzene rings is 1. The first-order chi connectivity index (χ1) is 10.3. The van der Waals surface area contributed by atoms with Gasteiger partial charge in [0.25, 0.3) is 0 Å². The first-order valence-corrected chi connectivity index (χ1v) is 8.03. The summed E-state index contributed by atoms with van der Waals surface area (Å²) < 4.78 is 39.1. The monoisotopic (exact) mass is 406 g/mol. The maximum Gasteiger partial charge on any atom is 0.416 e. The molecule has 2 atom stereocenters. The molecule has 24 heavy (non-hydrogen) atoms. The van der Waals surface area contributed by atoms with E-state index in [-0.39, 0.29) is 36.8 Å². The van der Waals surface area contributed by atoms with Crippen LogP contribution < -0.4 is 5.32 Å². The molecule has 1 heterocycles. The van der Waals surface area contributed by atoms with Crippen molar-refractivity contribution in [3.05, 3.63) is 34.3 Å². The van der Waals surface area contributed by atoms with Gasteiger partial charge in [-0.25, -0.2) is 0 Å². The van der Waals surface area contributed by atoms with Gasteiger partial charge in [-0.3, -0.25) is 4.90 Å². The van der Waals surface area contributed by atoms with Crippen LogP contribution in [0.5, 0.6) is 0 Å². The average molecular weight is 408 g/mol. The van der Waals surface area contributed by atoms with Crippen molar-refractivity contribution in [3.63, 3.8) is 0 Å². The fourth-order valence-electron chi connectivity index (χ4n) is 2.99. The molecule has 0 saturated carbocycles. The Hall–Kier alpha value is -0.200. The molecule has 0 spiro atoms. The van der Waals surface area contributed by atoms with Gasteiger partial charge < -0.3 is 5.32 Å². The van der Waals surface area contributed by atoms with E-state index >= 15 is 0 Å². The van der Waals surface area contributed by atoms with Crippen LogP contribution in [0.2, 0.25) is 5.02 Å². The van der Waals surface area contributed by atoms with E-state index in [4.69, 9.17) is 11.6 Å². The summed E-state index contributed by atoms with van der Waals surface area (Å²) in [7, 11) is 0. The van der Waals surface area contributed by atoms with Crippen molar-refractivity contribution in [2.24, 2.45) is 5.92 Å². The molecule has 1 aliphatic heterocycles. The molecule has 0 aromatic heterocycles. The first-order valence-electron chi connectivity index (χ1n) is 7.66. The molecule has 1 aliphatic rings. The van der Waals surface area contributed by atoms with Crippen molar-refractivity contribution in [1.29, 1.82) is 0 Å². The van der Waals surface area contributed by atoms with Gasteiger partial charge in [-0.15, -0.1) is 24.8 Å². The number of nitrogens with one attached hydrogen (secondary N) is 1. The minimum absolute atomic E-state index is 0. The van der Waals surface area contributed by atoms with E-state index < -0.39 is 11.7 Å². The van der Waals surface area contributed by atoms with Gasteiger partial charge in [0.05, 0.1) is 5.56 Å². The van der Waals surface area contributed by atoms with E-state index in [1.165, 1.54) is 12.1 Å². The minimum Gasteiger partial charge on any atom is -0.314 e. The van der Waals surface area contributed by atoms with Crippen molar-refractivity contribution in [2.45, 2.75) is 32.5 Å². The van der Waals surface area contributed by atoms with Gasteiger partial charge in [-0.05, 0) is 29.7 Å². The Kier molecular flexibility index (Phi) is 9.99. The largest absolute Gasteiger partial charge is 0.416 e. The molecule has 1 fully saturated rings. The predicted molar refractivity (Wildman–Crippen MR) is 97.6 cm³/mol. The number of hydrogen-bond acceptors (Lipinski definition) is 2. The third-order valence-corrected chi connectivity index (χ3v) is 4.71. The van der Waals surface area contributed by atoms with E-state index in [9.17, 15) is 13.2 Å². The van der Waals surface area contributed by atoms with Crippen LogP contribution in [-0.4, -0.2) is 31.1 Å². The van der Waals surface area contributed by atoms with Gasteiger partial charge in [0.2, 0.25) is 0 Å². The average Bonchev–Trinajstić information content (AvgIpc) is 2.49. The van der Waals surface area contributed by atoms with Crippen LogP contribution in [0.3, 0.4) is 0 Å². The molecule has 2 nitrogen and oxygen atoms in total. The molecule has 8 heteroatoms. The third-order valence-electron chi connectivity index (χ3n) is 4.37. The fourth-order valence-corrected chi connectivity index (χ4v) is 3.22. The Morgan fingerprint density at radius 1 is 1.21 bits per heavy atom. The van der Waals surface area contributed by atoms with Crippen molar-refractivity contribution in [3.8, 4) is 0 Å². The van der Waals surface area contributed by atoms with Crippen LogP contribution in [0, 0.1) is 5.92 Å². The maximum absolute atomic E-state index is 13.0. The Morgan fingerprint density at radius 2 is 1.79 bits per heavy atom. The molecule has 1 unspecified atom stereocenters. The van der Waals surface area contributed by atoms with Crippen LogP contribution in [0.1, 0.15) is 37.4 Å². The molecule has 0 bridgehead atoms. The summed E-state index contributed by atoms with van der Waals surface area (Å²) in [5.74, 6) is 0.235. The molecule has 2 rings (SSSR count). The highest BCUT2D eigenvalue weighted by atomic mass is 35.5. The zero-order chi connectivity index (χ0) is 16.3. The lowest BCUT2D eigenvalue weighted by molar-refractivity contribution is -0.137. The van der Waals surface area contributed by atoms with Gasteiger partial charge in [0.1, 0.15) is 0 Å². The number of rotatable bonds is 4. The second-order valence-corrected chi connectivity index (χ2v) is 6.26. The zero-order valence-corrected chi connectivity index (χ0v) is 16.1. The van der Waals surface area contributed by atoms with E-state index in [1.54, 1.807) is 0 Å². The van der Waals surface area contributed by atoms with Crippen LogP contribution in [0.4, 0.5) is 13.2 Å². The SMILES string of the molecule is CCC(C)[C@@H](c1cc(C(F)(F)F)ccc1Cl)N1CCNCC1.Cl.Cl. The standard InChI is InChI=1S/C16H22ClF3N2.2ClH/c1-3-11(2)15(22-8-6-21-7-9-22)13-10-12(16(18,19)20)4-5-14(13)17;;/h4-5,10-11,15,21H,3,6-9H2,1-2H3;2*1H/t11?,15-;;/m0../s1. The van der Waals surface area contributed by atoms with Gasteiger partial charge in [0.15, 0.2) is 0 Å². The molecule has 0 amide bonds. The lowest BCUT2D eigenvalue weighted by Gasteiger charge is -2.39. The van der Waals surface area contributed by atoms with E-state index in [0.717, 1.165) is 38.7 Å². The van der Waals surface area contributed by atoms with Crippen LogP contribution in [0.15, 0.2) is 18.2 Å². The molecule has 1 N–H and O–H groups in total. The number of alkyl halides is 3. The third kappa shape index (κ3) is 5.67. The van der Waals surface area contributed by atoms with Crippen molar-refractivity contribution in [1.82, 2.24) is 10.2 Å². The molecule has 140 valence electrons. The lowest BCUT2D eigenvalue weighted by Crippen LogP contribution is -2.46. The molecule has 1 aromatic carbocycles. The van der Waals surface area contributed by atoms with Crippen molar-refractivity contribution < 1.29 is 13.2 Å². The van der Waals surface area contributed by atoms with E-state index in [1.807, 2.05) is 0 Å². The fraction of sp³-hybridized carbons (Fsp3) is 0.625. The summed E-state index contributed by atoms with van der Waals surface area (Å²) in [6.07, 6.45) is -3.45. The zero-order valence-electron chi connectivity index (χ0n) is 13.7. The van der Waals surface area contributed by atoms with Gasteiger partial charge >= 0.3 is 6.18 Å². The van der Waals surface area contributed by atoms with E-state index in [0.29, 0.717) is 10.6 Å². The number of hydrogen-bond donors (Lipinski definition) is 1. The number of halogens is 6. The highest BCUT2D eigenvalue weighted by Crippen LogP contribution is 2.39. The lowest BCUT2D eigenvalue weighted by atomic mass is 9.89. The van der Waals surface area contributed by atoms with Crippen molar-refractivity contribution in [2.75, 3.05) is 26.2 Å². The van der Waals surface area contributed by atoms with Crippen molar-refractivity contribution >= 4 is 36.4 Å². The minimum atomic E-state index is -4.34. The quantitative estimate of drug-likeness (QED) is 0.738. The highest BCUT2D eigenvalue weighted by molar-refractivity contribution is 6.31. The first kappa shape index (κ1) is 23.8. The summed E-state index contributed by atoms with van der Waals surface area (Å²) in [4.78, 5) is 2.24. The molecule has 1 saturated heterocycles. The summed E-state index contributed by atoms with van der Waals surface area (Å²) in [5, 5.41) is 3.69. The second-order valence-electron chi connectivity index (χ2n) is 5.85. The molecule has 0 radical (unpaired) electrons. The number of piperazine rings is 1.